The second-order valence-corrected chi connectivity index (χ2v) is 10.5. The van der Waals surface area contributed by atoms with Gasteiger partial charge in [0.1, 0.15) is 5.75 Å². The molecule has 1 N–H and O–H groups in total. The van der Waals surface area contributed by atoms with E-state index in [9.17, 15) is 21.6 Å². The van der Waals surface area contributed by atoms with E-state index in [4.69, 9.17) is 9.47 Å². The molecule has 7 nitrogen and oxygen atoms in total. The van der Waals surface area contributed by atoms with Gasteiger partial charge in [0.05, 0.1) is 17.1 Å². The average Bonchev–Trinajstić information content (AvgIpc) is 2.84. The Morgan fingerprint density at radius 3 is 2.61 bits per heavy atom. The molecule has 0 spiro atoms. The van der Waals surface area contributed by atoms with E-state index in [2.05, 4.69) is 14.9 Å². The van der Waals surface area contributed by atoms with E-state index in [-0.39, 0.29) is 17.3 Å². The van der Waals surface area contributed by atoms with Gasteiger partial charge in [0, 0.05) is 37.0 Å². The summed E-state index contributed by atoms with van der Waals surface area (Å²) in [7, 11) is -2.42. The van der Waals surface area contributed by atoms with Crippen LogP contribution >= 0.6 is 0 Å². The highest BCUT2D eigenvalue weighted by molar-refractivity contribution is 7.92. The third kappa shape index (κ3) is 5.31. The SMILES string of the molecule is COCCCc1cc(C(F)(F)F)ccc1[C@]1(C)CCOc2cc(S(=O)(=O)Nc3cccnn3)ccc21. The van der Waals surface area contributed by atoms with Gasteiger partial charge in [-0.1, -0.05) is 19.1 Å². The average molecular weight is 522 g/mol. The number of hydrogen-bond donors (Lipinski definition) is 1. The highest BCUT2D eigenvalue weighted by Crippen LogP contribution is 2.46. The van der Waals surface area contributed by atoms with Gasteiger partial charge in [-0.25, -0.2) is 8.42 Å². The molecule has 2 aromatic carbocycles. The molecule has 11 heteroatoms. The molecule has 0 amide bonds. The summed E-state index contributed by atoms with van der Waals surface area (Å²) in [6.45, 7) is 2.65. The summed E-state index contributed by atoms with van der Waals surface area (Å²) < 4.78 is 79.5. The van der Waals surface area contributed by atoms with Crippen LogP contribution in [-0.4, -0.2) is 38.9 Å². The van der Waals surface area contributed by atoms with Crippen molar-refractivity contribution in [3.05, 3.63) is 77.0 Å². The zero-order valence-corrected chi connectivity index (χ0v) is 20.6. The molecule has 4 rings (SSSR count). The lowest BCUT2D eigenvalue weighted by molar-refractivity contribution is -0.137. The number of nitrogens with one attached hydrogen (secondary N) is 1. The van der Waals surface area contributed by atoms with Crippen LogP contribution in [0.2, 0.25) is 0 Å². The molecule has 1 atom stereocenters. The molecule has 0 unspecified atom stereocenters. The molecule has 192 valence electrons. The summed E-state index contributed by atoms with van der Waals surface area (Å²) in [6.07, 6.45) is -1.53. The van der Waals surface area contributed by atoms with Gasteiger partial charge in [0.25, 0.3) is 10.0 Å². The van der Waals surface area contributed by atoms with Crippen molar-refractivity contribution in [2.45, 2.75) is 42.7 Å². The van der Waals surface area contributed by atoms with Crippen LogP contribution in [0.5, 0.6) is 5.75 Å². The van der Waals surface area contributed by atoms with Gasteiger partial charge in [-0.15, -0.1) is 5.10 Å². The number of benzene rings is 2. The van der Waals surface area contributed by atoms with Crippen LogP contribution in [0.4, 0.5) is 19.0 Å². The topological polar surface area (TPSA) is 90.4 Å². The Labute approximate surface area is 207 Å². The van der Waals surface area contributed by atoms with Gasteiger partial charge in [0.15, 0.2) is 5.82 Å². The predicted molar refractivity (Wildman–Crippen MR) is 127 cm³/mol. The Kier molecular flexibility index (Phi) is 7.24. The van der Waals surface area contributed by atoms with Crippen molar-refractivity contribution in [2.24, 2.45) is 0 Å². The van der Waals surface area contributed by atoms with Crippen molar-refractivity contribution in [1.29, 1.82) is 0 Å². The standard InChI is InChI=1S/C25H26F3N3O4S/c1-24(20-9-7-18(25(26,27)28)15-17(20)5-4-13-34-2)11-14-35-22-16-19(8-10-21(22)24)36(32,33)31-23-6-3-12-29-30-23/h3,6-10,12,15-16H,4-5,11,13-14H2,1-2H3,(H,30,31)/t24-/m0/s1. The molecule has 0 radical (unpaired) electrons. The van der Waals surface area contributed by atoms with E-state index in [0.29, 0.717) is 42.7 Å². The number of halogens is 3. The summed E-state index contributed by atoms with van der Waals surface area (Å²) >= 11 is 0. The molecule has 1 aliphatic heterocycles. The molecular weight excluding hydrogens is 495 g/mol. The molecule has 0 saturated heterocycles. The van der Waals surface area contributed by atoms with Gasteiger partial charge in [-0.05, 0) is 60.7 Å². The smallest absolute Gasteiger partial charge is 0.416 e. The Morgan fingerprint density at radius 1 is 1.14 bits per heavy atom. The first kappa shape index (κ1) is 25.9. The number of sulfonamides is 1. The van der Waals surface area contributed by atoms with Crippen LogP contribution in [0.3, 0.4) is 0 Å². The maximum absolute atomic E-state index is 13.5. The molecular formula is C25H26F3N3O4S. The maximum atomic E-state index is 13.5. The number of fused-ring (bicyclic) bond motifs is 1. The highest BCUT2D eigenvalue weighted by Gasteiger charge is 2.39. The van der Waals surface area contributed by atoms with E-state index >= 15 is 0 Å². The first-order valence-electron chi connectivity index (χ1n) is 11.3. The summed E-state index contributed by atoms with van der Waals surface area (Å²) in [5, 5.41) is 7.41. The largest absolute Gasteiger partial charge is 0.493 e. The van der Waals surface area contributed by atoms with Crippen molar-refractivity contribution in [2.75, 3.05) is 25.0 Å². The first-order valence-corrected chi connectivity index (χ1v) is 12.8. The normalized spacial score (nSPS) is 17.8. The van der Waals surface area contributed by atoms with Crippen molar-refractivity contribution < 1.29 is 31.1 Å². The quantitative estimate of drug-likeness (QED) is 0.422. The third-order valence-electron chi connectivity index (χ3n) is 6.35. The summed E-state index contributed by atoms with van der Waals surface area (Å²) in [5.41, 5.74) is 0.662. The van der Waals surface area contributed by atoms with E-state index in [1.165, 1.54) is 36.5 Å². The van der Waals surface area contributed by atoms with E-state index in [1.54, 1.807) is 19.2 Å². The molecule has 3 aromatic rings. The Morgan fingerprint density at radius 2 is 1.92 bits per heavy atom. The molecule has 0 bridgehead atoms. The van der Waals surface area contributed by atoms with Gasteiger partial charge in [0.2, 0.25) is 0 Å². The fraction of sp³-hybridized carbons (Fsp3) is 0.360. The number of methoxy groups -OCH3 is 1. The van der Waals surface area contributed by atoms with E-state index in [0.717, 1.165) is 11.6 Å². The Balaban J connectivity index is 1.74. The van der Waals surface area contributed by atoms with E-state index in [1.807, 2.05) is 6.92 Å². The minimum Gasteiger partial charge on any atom is -0.493 e. The van der Waals surface area contributed by atoms with Gasteiger partial charge in [-0.2, -0.15) is 18.3 Å². The van der Waals surface area contributed by atoms with Crippen molar-refractivity contribution in [1.82, 2.24) is 10.2 Å². The predicted octanol–water partition coefficient (Wildman–Crippen LogP) is 4.96. The molecule has 0 aliphatic carbocycles. The molecule has 36 heavy (non-hydrogen) atoms. The van der Waals surface area contributed by atoms with Gasteiger partial charge in [-0.3, -0.25) is 4.72 Å². The summed E-state index contributed by atoms with van der Waals surface area (Å²) in [4.78, 5) is -0.0242. The van der Waals surface area contributed by atoms with E-state index < -0.39 is 27.2 Å². The molecule has 2 heterocycles. The molecule has 1 aliphatic rings. The fourth-order valence-electron chi connectivity index (χ4n) is 4.50. The number of aryl methyl sites for hydroxylation is 1. The molecule has 0 saturated carbocycles. The van der Waals surface area contributed by atoms with Crippen LogP contribution < -0.4 is 9.46 Å². The number of aromatic nitrogens is 2. The summed E-state index contributed by atoms with van der Waals surface area (Å²) in [6, 6.07) is 11.4. The number of anilines is 1. The first-order chi connectivity index (χ1) is 17.0. The lowest BCUT2D eigenvalue weighted by atomic mass is 9.70. The highest BCUT2D eigenvalue weighted by atomic mass is 32.2. The number of alkyl halides is 3. The minimum atomic E-state index is -4.46. The van der Waals surface area contributed by atoms with Crippen LogP contribution in [0, 0.1) is 0 Å². The zero-order chi connectivity index (χ0) is 26.0. The second kappa shape index (κ2) is 10.1. The zero-order valence-electron chi connectivity index (χ0n) is 19.8. The third-order valence-corrected chi connectivity index (χ3v) is 7.70. The van der Waals surface area contributed by atoms with Gasteiger partial charge < -0.3 is 9.47 Å². The van der Waals surface area contributed by atoms with Gasteiger partial charge >= 0.3 is 6.18 Å². The number of nitrogens with zero attached hydrogens (tertiary/aromatic N) is 2. The Bertz CT molecular complexity index is 1330. The van der Waals surface area contributed by atoms with Crippen molar-refractivity contribution >= 4 is 15.8 Å². The monoisotopic (exact) mass is 521 g/mol. The summed E-state index contributed by atoms with van der Waals surface area (Å²) in [5.74, 6) is 0.444. The van der Waals surface area contributed by atoms with Crippen LogP contribution in [0.25, 0.3) is 0 Å². The molecule has 0 fully saturated rings. The Hall–Kier alpha value is -3.18. The van der Waals surface area contributed by atoms with Crippen molar-refractivity contribution in [3.8, 4) is 5.75 Å². The van der Waals surface area contributed by atoms with Crippen LogP contribution in [0.15, 0.2) is 59.6 Å². The number of rotatable bonds is 8. The fourth-order valence-corrected chi connectivity index (χ4v) is 5.51. The maximum Gasteiger partial charge on any atom is 0.416 e. The molecule has 1 aromatic heterocycles. The van der Waals surface area contributed by atoms with Crippen molar-refractivity contribution in [3.63, 3.8) is 0 Å². The number of hydrogen-bond acceptors (Lipinski definition) is 6. The minimum absolute atomic E-state index is 0.0242. The van der Waals surface area contributed by atoms with Crippen LogP contribution in [-0.2, 0) is 32.8 Å². The second-order valence-electron chi connectivity index (χ2n) is 8.77. The lowest BCUT2D eigenvalue weighted by Crippen LogP contribution is -2.32. The lowest BCUT2D eigenvalue weighted by Gasteiger charge is -2.38. The van der Waals surface area contributed by atoms with Crippen LogP contribution in [0.1, 0.15) is 42.0 Å². The number of ether oxygens (including phenoxy) is 2.